The van der Waals surface area contributed by atoms with Gasteiger partial charge in [0.15, 0.2) is 5.84 Å². The molecule has 0 spiro atoms. The molecule has 7 heteroatoms. The number of benzene rings is 1. The highest BCUT2D eigenvalue weighted by Gasteiger charge is 2.10. The number of nitrogens with zero attached hydrogens (tertiary/aromatic N) is 2. The van der Waals surface area contributed by atoms with Gasteiger partial charge in [0.2, 0.25) is 5.76 Å². The van der Waals surface area contributed by atoms with E-state index in [1.807, 2.05) is 24.3 Å². The maximum Gasteiger partial charge on any atom is 0.400 e. The van der Waals surface area contributed by atoms with Crippen molar-refractivity contribution in [3.05, 3.63) is 60.7 Å². The van der Waals surface area contributed by atoms with Crippen molar-refractivity contribution in [2.24, 2.45) is 10.9 Å². The lowest BCUT2D eigenvalue weighted by atomic mass is 10.2. The first-order chi connectivity index (χ1) is 11.2. The van der Waals surface area contributed by atoms with Crippen molar-refractivity contribution in [1.82, 2.24) is 4.98 Å². The SMILES string of the molecule is N/C(COc1cccc2cccnc12)=N\OC(=O)c1ccco1. The molecule has 3 rings (SSSR count). The molecular formula is C16H13N3O4. The van der Waals surface area contributed by atoms with E-state index in [1.54, 1.807) is 18.3 Å². The van der Waals surface area contributed by atoms with Gasteiger partial charge in [-0.1, -0.05) is 23.4 Å². The second-order valence-electron chi connectivity index (χ2n) is 4.56. The second-order valence-corrected chi connectivity index (χ2v) is 4.56. The molecule has 2 N–H and O–H groups in total. The lowest BCUT2D eigenvalue weighted by molar-refractivity contribution is 0.0477. The van der Waals surface area contributed by atoms with Crippen molar-refractivity contribution in [1.29, 1.82) is 0 Å². The Morgan fingerprint density at radius 2 is 2.09 bits per heavy atom. The number of carbonyl (C=O) groups is 1. The molecule has 2 aromatic heterocycles. The maximum absolute atomic E-state index is 11.5. The first kappa shape index (κ1) is 14.6. The van der Waals surface area contributed by atoms with E-state index in [0.29, 0.717) is 5.75 Å². The summed E-state index contributed by atoms with van der Waals surface area (Å²) in [6.45, 7) is -0.0406. The second kappa shape index (κ2) is 6.61. The van der Waals surface area contributed by atoms with E-state index in [1.165, 1.54) is 12.3 Å². The molecule has 1 aromatic carbocycles. The summed E-state index contributed by atoms with van der Waals surface area (Å²) in [7, 11) is 0. The van der Waals surface area contributed by atoms with Crippen molar-refractivity contribution in [2.45, 2.75) is 0 Å². The molecular weight excluding hydrogens is 298 g/mol. The molecule has 0 aliphatic heterocycles. The van der Waals surface area contributed by atoms with Gasteiger partial charge in [-0.3, -0.25) is 4.98 Å². The zero-order valence-corrected chi connectivity index (χ0v) is 12.0. The molecule has 0 amide bonds. The van der Waals surface area contributed by atoms with E-state index in [4.69, 9.17) is 14.9 Å². The van der Waals surface area contributed by atoms with Gasteiger partial charge in [-0.15, -0.1) is 0 Å². The van der Waals surface area contributed by atoms with Crippen LogP contribution in [0.2, 0.25) is 0 Å². The van der Waals surface area contributed by atoms with Gasteiger partial charge in [-0.25, -0.2) is 4.79 Å². The summed E-state index contributed by atoms with van der Waals surface area (Å²) >= 11 is 0. The Labute approximate surface area is 131 Å². The fourth-order valence-corrected chi connectivity index (χ4v) is 1.91. The number of fused-ring (bicyclic) bond motifs is 1. The Bertz CT molecular complexity index is 838. The molecule has 2 heterocycles. The predicted molar refractivity (Wildman–Crippen MR) is 83.0 cm³/mol. The number of rotatable bonds is 5. The third kappa shape index (κ3) is 3.46. The fraction of sp³-hybridized carbons (Fsp3) is 0.0625. The number of hydrogen-bond acceptors (Lipinski definition) is 6. The zero-order valence-electron chi connectivity index (χ0n) is 12.0. The normalized spacial score (nSPS) is 11.4. The standard InChI is InChI=1S/C16H13N3O4/c17-14(19-23-16(20)13-7-3-9-21-13)10-22-12-6-1-4-11-5-2-8-18-15(11)12/h1-9H,10H2,(H2,17,19). The number of aromatic nitrogens is 1. The van der Waals surface area contributed by atoms with Gasteiger partial charge in [-0.05, 0) is 24.3 Å². The molecule has 0 bridgehead atoms. The van der Waals surface area contributed by atoms with Crippen molar-refractivity contribution in [3.8, 4) is 5.75 Å². The smallest absolute Gasteiger partial charge is 0.400 e. The van der Waals surface area contributed by atoms with Crippen LogP contribution in [0.3, 0.4) is 0 Å². The largest absolute Gasteiger partial charge is 0.483 e. The molecule has 0 aliphatic rings. The molecule has 0 fully saturated rings. The summed E-state index contributed by atoms with van der Waals surface area (Å²) in [5.74, 6) is -0.109. The van der Waals surface area contributed by atoms with Gasteiger partial charge in [0.05, 0.1) is 6.26 Å². The first-order valence-electron chi connectivity index (χ1n) is 6.78. The predicted octanol–water partition coefficient (Wildman–Crippen LogP) is 2.34. The first-order valence-corrected chi connectivity index (χ1v) is 6.78. The summed E-state index contributed by atoms with van der Waals surface area (Å²) in [6.07, 6.45) is 3.04. The zero-order chi connectivity index (χ0) is 16.1. The van der Waals surface area contributed by atoms with E-state index in [-0.39, 0.29) is 18.2 Å². The molecule has 0 saturated carbocycles. The van der Waals surface area contributed by atoms with Crippen LogP contribution in [0.1, 0.15) is 10.6 Å². The fourth-order valence-electron chi connectivity index (χ4n) is 1.91. The summed E-state index contributed by atoms with van der Waals surface area (Å²) in [4.78, 5) is 20.5. The topological polar surface area (TPSA) is 99.9 Å². The third-order valence-electron chi connectivity index (χ3n) is 2.94. The Morgan fingerprint density at radius 1 is 1.22 bits per heavy atom. The highest BCUT2D eigenvalue weighted by molar-refractivity contribution is 5.88. The average molecular weight is 311 g/mol. The minimum absolute atomic E-state index is 0.0119. The quantitative estimate of drug-likeness (QED) is 0.336. The average Bonchev–Trinajstić information content (AvgIpc) is 3.12. The van der Waals surface area contributed by atoms with E-state index in [9.17, 15) is 4.79 Å². The van der Waals surface area contributed by atoms with Crippen LogP contribution in [0.5, 0.6) is 5.75 Å². The molecule has 0 aliphatic carbocycles. The van der Waals surface area contributed by atoms with Gasteiger partial charge in [0.1, 0.15) is 17.9 Å². The number of nitrogens with two attached hydrogens (primary N) is 1. The molecule has 7 nitrogen and oxygen atoms in total. The van der Waals surface area contributed by atoms with Gasteiger partial charge >= 0.3 is 5.97 Å². The van der Waals surface area contributed by atoms with Crippen molar-refractivity contribution in [3.63, 3.8) is 0 Å². The highest BCUT2D eigenvalue weighted by Crippen LogP contribution is 2.22. The van der Waals surface area contributed by atoms with E-state index in [2.05, 4.69) is 15.0 Å². The molecule has 0 radical (unpaired) electrons. The molecule has 0 saturated heterocycles. The maximum atomic E-state index is 11.5. The summed E-state index contributed by atoms with van der Waals surface area (Å²) in [6, 6.07) is 12.4. The number of pyridine rings is 1. The van der Waals surface area contributed by atoms with Crippen LogP contribution in [-0.2, 0) is 4.84 Å². The van der Waals surface area contributed by atoms with Gasteiger partial charge in [0.25, 0.3) is 0 Å². The van der Waals surface area contributed by atoms with Crippen LogP contribution < -0.4 is 10.5 Å². The van der Waals surface area contributed by atoms with Crippen molar-refractivity contribution >= 4 is 22.7 Å². The number of carbonyl (C=O) groups excluding carboxylic acids is 1. The van der Waals surface area contributed by atoms with E-state index in [0.717, 1.165) is 10.9 Å². The molecule has 3 aromatic rings. The van der Waals surface area contributed by atoms with Crippen LogP contribution in [0.25, 0.3) is 10.9 Å². The molecule has 23 heavy (non-hydrogen) atoms. The number of hydrogen-bond donors (Lipinski definition) is 1. The lowest BCUT2D eigenvalue weighted by Crippen LogP contribution is -2.22. The van der Waals surface area contributed by atoms with Gasteiger partial charge in [0, 0.05) is 11.6 Å². The number of para-hydroxylation sites is 1. The van der Waals surface area contributed by atoms with E-state index >= 15 is 0 Å². The Morgan fingerprint density at radius 3 is 2.91 bits per heavy atom. The number of ether oxygens (including phenoxy) is 1. The summed E-state index contributed by atoms with van der Waals surface area (Å²) < 4.78 is 10.5. The van der Waals surface area contributed by atoms with Gasteiger partial charge < -0.3 is 19.7 Å². The number of amidine groups is 1. The van der Waals surface area contributed by atoms with Crippen LogP contribution in [0.15, 0.2) is 64.5 Å². The number of oxime groups is 1. The summed E-state index contributed by atoms with van der Waals surface area (Å²) in [5.41, 5.74) is 6.38. The van der Waals surface area contributed by atoms with Crippen LogP contribution in [0, 0.1) is 0 Å². The van der Waals surface area contributed by atoms with Crippen LogP contribution >= 0.6 is 0 Å². The lowest BCUT2D eigenvalue weighted by Gasteiger charge is -2.07. The molecule has 116 valence electrons. The van der Waals surface area contributed by atoms with Crippen molar-refractivity contribution in [2.75, 3.05) is 6.61 Å². The highest BCUT2D eigenvalue weighted by atomic mass is 16.7. The molecule has 0 unspecified atom stereocenters. The minimum Gasteiger partial charge on any atom is -0.483 e. The van der Waals surface area contributed by atoms with Gasteiger partial charge in [-0.2, -0.15) is 0 Å². The third-order valence-corrected chi connectivity index (χ3v) is 2.94. The summed E-state index contributed by atoms with van der Waals surface area (Å²) in [5, 5.41) is 4.46. The minimum atomic E-state index is -0.732. The Kier molecular flexibility index (Phi) is 4.19. The Balaban J connectivity index is 1.63. The van der Waals surface area contributed by atoms with Crippen molar-refractivity contribution < 1.29 is 18.8 Å². The van der Waals surface area contributed by atoms with E-state index < -0.39 is 5.97 Å². The monoisotopic (exact) mass is 311 g/mol. The van der Waals surface area contributed by atoms with Crippen LogP contribution in [0.4, 0.5) is 0 Å². The number of furan rings is 1. The molecule has 0 atom stereocenters. The Hall–Kier alpha value is -3.35. The van der Waals surface area contributed by atoms with Crippen LogP contribution in [-0.4, -0.2) is 23.4 Å².